The maximum atomic E-state index is 12.6. The Bertz CT molecular complexity index is 745. The zero-order chi connectivity index (χ0) is 15.7. The topological polar surface area (TPSA) is 40.6 Å². The van der Waals surface area contributed by atoms with Gasteiger partial charge in [0.25, 0.3) is 0 Å². The summed E-state index contributed by atoms with van der Waals surface area (Å²) in [6.45, 7) is 0.0524. The average molecular weight is 315 g/mol. The van der Waals surface area contributed by atoms with E-state index >= 15 is 0 Å². The second-order valence-corrected chi connectivity index (χ2v) is 5.60. The number of carbonyl (C=O) groups excluding carboxylic acids is 2. The number of para-hydroxylation sites is 2. The molecule has 0 N–H and O–H groups in total. The highest BCUT2D eigenvalue weighted by atomic mass is 35.5. The summed E-state index contributed by atoms with van der Waals surface area (Å²) in [5.74, 6) is -0.242. The molecule has 2 amide bonds. The molecule has 1 aliphatic rings. The minimum absolute atomic E-state index is 0.0524. The highest BCUT2D eigenvalue weighted by Gasteiger charge is 2.30. The number of amides is 2. The summed E-state index contributed by atoms with van der Waals surface area (Å²) in [6, 6.07) is 14.6. The van der Waals surface area contributed by atoms with E-state index < -0.39 is 0 Å². The summed E-state index contributed by atoms with van der Waals surface area (Å²) < 4.78 is 0. The molecule has 0 radical (unpaired) electrons. The molecule has 22 heavy (non-hydrogen) atoms. The third-order valence-electron chi connectivity index (χ3n) is 3.80. The number of halogens is 1. The Morgan fingerprint density at radius 3 is 2.45 bits per heavy atom. The summed E-state index contributed by atoms with van der Waals surface area (Å²) in [7, 11) is 1.72. The van der Waals surface area contributed by atoms with Crippen molar-refractivity contribution in [2.45, 2.75) is 6.42 Å². The molecule has 2 aromatic rings. The van der Waals surface area contributed by atoms with Crippen LogP contribution in [0.25, 0.3) is 0 Å². The van der Waals surface area contributed by atoms with Crippen LogP contribution in [0.3, 0.4) is 0 Å². The Kier molecular flexibility index (Phi) is 3.86. The second-order valence-electron chi connectivity index (χ2n) is 5.19. The normalized spacial score (nSPS) is 14.0. The second kappa shape index (κ2) is 5.81. The number of carbonyl (C=O) groups is 2. The van der Waals surface area contributed by atoms with Crippen LogP contribution in [0.5, 0.6) is 0 Å². The summed E-state index contributed by atoms with van der Waals surface area (Å²) >= 11 is 6.11. The van der Waals surface area contributed by atoms with Gasteiger partial charge in [0.1, 0.15) is 6.54 Å². The smallest absolute Gasteiger partial charge is 0.246 e. The molecule has 0 saturated carbocycles. The lowest BCUT2D eigenvalue weighted by atomic mass is 10.1. The highest BCUT2D eigenvalue weighted by Crippen LogP contribution is 2.32. The van der Waals surface area contributed by atoms with E-state index in [0.29, 0.717) is 5.02 Å². The Balaban J connectivity index is 1.92. The number of hydrogen-bond acceptors (Lipinski definition) is 2. The molecule has 0 spiro atoms. The number of benzene rings is 2. The van der Waals surface area contributed by atoms with Gasteiger partial charge in [-0.2, -0.15) is 0 Å². The quantitative estimate of drug-likeness (QED) is 0.855. The van der Waals surface area contributed by atoms with Crippen molar-refractivity contribution in [3.05, 3.63) is 59.1 Å². The van der Waals surface area contributed by atoms with Crippen LogP contribution in [-0.2, 0) is 16.0 Å². The summed E-state index contributed by atoms with van der Waals surface area (Å²) in [5.41, 5.74) is 2.26. The molecule has 0 saturated heterocycles. The molecule has 2 aromatic carbocycles. The van der Waals surface area contributed by atoms with Crippen LogP contribution in [0.4, 0.5) is 11.4 Å². The maximum Gasteiger partial charge on any atom is 0.246 e. The fourth-order valence-corrected chi connectivity index (χ4v) is 2.76. The Hall–Kier alpha value is -2.33. The van der Waals surface area contributed by atoms with E-state index in [1.807, 2.05) is 42.5 Å². The van der Waals surface area contributed by atoms with Gasteiger partial charge in [-0.1, -0.05) is 41.9 Å². The number of rotatable bonds is 2. The predicted octanol–water partition coefficient (Wildman–Crippen LogP) is 2.89. The van der Waals surface area contributed by atoms with Crippen LogP contribution in [0.1, 0.15) is 5.56 Å². The monoisotopic (exact) mass is 314 g/mol. The first-order valence-electron chi connectivity index (χ1n) is 6.97. The lowest BCUT2D eigenvalue weighted by molar-refractivity contribution is -0.122. The van der Waals surface area contributed by atoms with E-state index in [1.165, 1.54) is 4.90 Å². The lowest BCUT2D eigenvalue weighted by Crippen LogP contribution is -2.47. The number of nitrogens with zero attached hydrogens (tertiary/aromatic N) is 2. The minimum atomic E-state index is -0.137. The third-order valence-corrected chi connectivity index (χ3v) is 4.17. The Labute approximate surface area is 133 Å². The van der Waals surface area contributed by atoms with Crippen LogP contribution >= 0.6 is 11.6 Å². The van der Waals surface area contributed by atoms with Gasteiger partial charge < -0.3 is 9.80 Å². The largest absolute Gasteiger partial charge is 0.312 e. The molecule has 0 unspecified atom stereocenters. The molecular formula is C17H15ClN2O2. The molecule has 5 heteroatoms. The SMILES string of the molecule is CN1C(=O)CN(C(=O)Cc2ccccc2Cl)c2ccccc21. The van der Waals surface area contributed by atoms with E-state index in [-0.39, 0.29) is 24.8 Å². The van der Waals surface area contributed by atoms with Crippen molar-refractivity contribution < 1.29 is 9.59 Å². The van der Waals surface area contributed by atoms with Crippen LogP contribution in [0, 0.1) is 0 Å². The summed E-state index contributed by atoms with van der Waals surface area (Å²) in [5, 5.41) is 0.560. The van der Waals surface area contributed by atoms with Gasteiger partial charge >= 0.3 is 0 Å². The molecule has 1 heterocycles. The van der Waals surface area contributed by atoms with Crippen LogP contribution < -0.4 is 9.80 Å². The third kappa shape index (κ3) is 2.57. The predicted molar refractivity (Wildman–Crippen MR) is 87.4 cm³/mol. The number of hydrogen-bond donors (Lipinski definition) is 0. The molecule has 3 rings (SSSR count). The van der Waals surface area contributed by atoms with Crippen molar-refractivity contribution in [2.24, 2.45) is 0 Å². The van der Waals surface area contributed by atoms with Gasteiger partial charge in [-0.3, -0.25) is 9.59 Å². The molecule has 0 bridgehead atoms. The van der Waals surface area contributed by atoms with Crippen molar-refractivity contribution in [1.82, 2.24) is 0 Å². The van der Waals surface area contributed by atoms with Crippen LogP contribution in [0.15, 0.2) is 48.5 Å². The van der Waals surface area contributed by atoms with Crippen molar-refractivity contribution in [3.8, 4) is 0 Å². The number of likely N-dealkylation sites (N-methyl/N-ethyl adjacent to an activating group) is 1. The minimum Gasteiger partial charge on any atom is -0.312 e. The zero-order valence-corrected chi connectivity index (χ0v) is 12.9. The summed E-state index contributed by atoms with van der Waals surface area (Å²) in [4.78, 5) is 27.8. The van der Waals surface area contributed by atoms with Crippen molar-refractivity contribution >= 4 is 34.8 Å². The standard InChI is InChI=1S/C17H15ClN2O2/c1-19-14-8-4-5-9-15(14)20(11-17(19)22)16(21)10-12-6-2-3-7-13(12)18/h2-9H,10-11H2,1H3. The first kappa shape index (κ1) is 14.6. The first-order valence-corrected chi connectivity index (χ1v) is 7.35. The van der Waals surface area contributed by atoms with Crippen molar-refractivity contribution in [2.75, 3.05) is 23.4 Å². The van der Waals surface area contributed by atoms with E-state index in [9.17, 15) is 9.59 Å². The Morgan fingerprint density at radius 1 is 1.09 bits per heavy atom. The molecule has 0 aliphatic carbocycles. The average Bonchev–Trinajstić information content (AvgIpc) is 2.53. The maximum absolute atomic E-state index is 12.6. The van der Waals surface area contributed by atoms with E-state index in [0.717, 1.165) is 16.9 Å². The number of fused-ring (bicyclic) bond motifs is 1. The molecule has 0 aromatic heterocycles. The molecule has 0 fully saturated rings. The van der Waals surface area contributed by atoms with Gasteiger partial charge in [0.2, 0.25) is 11.8 Å². The molecular weight excluding hydrogens is 300 g/mol. The van der Waals surface area contributed by atoms with Gasteiger partial charge in [-0.05, 0) is 23.8 Å². The molecule has 0 atom stereocenters. The number of anilines is 2. The van der Waals surface area contributed by atoms with Gasteiger partial charge in [-0.15, -0.1) is 0 Å². The van der Waals surface area contributed by atoms with Gasteiger partial charge in [0.05, 0.1) is 17.8 Å². The lowest BCUT2D eigenvalue weighted by Gasteiger charge is -2.34. The fraction of sp³-hybridized carbons (Fsp3) is 0.176. The van der Waals surface area contributed by atoms with Crippen LogP contribution in [-0.4, -0.2) is 25.4 Å². The first-order chi connectivity index (χ1) is 10.6. The Morgan fingerprint density at radius 2 is 1.73 bits per heavy atom. The highest BCUT2D eigenvalue weighted by molar-refractivity contribution is 6.31. The van der Waals surface area contributed by atoms with Gasteiger partial charge in [0, 0.05) is 12.1 Å². The fourth-order valence-electron chi connectivity index (χ4n) is 2.56. The summed E-state index contributed by atoms with van der Waals surface area (Å²) in [6.07, 6.45) is 0.172. The van der Waals surface area contributed by atoms with E-state index in [2.05, 4.69) is 0 Å². The van der Waals surface area contributed by atoms with E-state index in [1.54, 1.807) is 18.0 Å². The van der Waals surface area contributed by atoms with Crippen molar-refractivity contribution in [3.63, 3.8) is 0 Å². The van der Waals surface area contributed by atoms with E-state index in [4.69, 9.17) is 11.6 Å². The molecule has 112 valence electrons. The van der Waals surface area contributed by atoms with Crippen molar-refractivity contribution in [1.29, 1.82) is 0 Å². The molecule has 1 aliphatic heterocycles. The zero-order valence-electron chi connectivity index (χ0n) is 12.1. The van der Waals surface area contributed by atoms with Gasteiger partial charge in [0.15, 0.2) is 0 Å². The van der Waals surface area contributed by atoms with Crippen LogP contribution in [0.2, 0.25) is 5.02 Å². The molecule has 4 nitrogen and oxygen atoms in total. The van der Waals surface area contributed by atoms with Gasteiger partial charge in [-0.25, -0.2) is 0 Å².